The molecule has 1 fully saturated rings. The number of hydrogen-bond acceptors (Lipinski definition) is 3. The van der Waals surface area contributed by atoms with Crippen LogP contribution in [0, 0.1) is 0 Å². The van der Waals surface area contributed by atoms with E-state index >= 15 is 0 Å². The van der Waals surface area contributed by atoms with Gasteiger partial charge in [-0.25, -0.2) is 8.42 Å². The average molecular weight is 296 g/mol. The molecule has 4 nitrogen and oxygen atoms in total. The van der Waals surface area contributed by atoms with E-state index in [1.54, 1.807) is 28.6 Å². The fraction of sp³-hybridized carbons (Fsp3) is 0.600. The topological polar surface area (TPSA) is 63.4 Å². The summed E-state index contributed by atoms with van der Waals surface area (Å²) < 4.78 is 27.2. The van der Waals surface area contributed by atoms with Gasteiger partial charge in [-0.15, -0.1) is 0 Å². The van der Waals surface area contributed by atoms with E-state index < -0.39 is 10.0 Å². The molecule has 0 amide bonds. The summed E-state index contributed by atoms with van der Waals surface area (Å²) in [6, 6.07) is 6.99. The minimum absolute atomic E-state index is 0.0665. The van der Waals surface area contributed by atoms with Crippen LogP contribution in [0.1, 0.15) is 51.6 Å². The van der Waals surface area contributed by atoms with Gasteiger partial charge in [-0.05, 0) is 51.3 Å². The molecule has 1 aromatic carbocycles. The Morgan fingerprint density at radius 2 is 1.65 bits per heavy atom. The maximum Gasteiger partial charge on any atom is 0.243 e. The van der Waals surface area contributed by atoms with Crippen LogP contribution in [0.5, 0.6) is 0 Å². The Hall–Kier alpha value is -0.910. The van der Waals surface area contributed by atoms with Crippen molar-refractivity contribution in [3.63, 3.8) is 0 Å². The molecule has 3 atom stereocenters. The molecule has 1 aliphatic heterocycles. The number of rotatable bonds is 3. The molecule has 0 saturated carbocycles. The van der Waals surface area contributed by atoms with E-state index in [-0.39, 0.29) is 18.1 Å². The second kappa shape index (κ2) is 5.84. The third-order valence-electron chi connectivity index (χ3n) is 4.09. The van der Waals surface area contributed by atoms with E-state index in [1.807, 2.05) is 20.8 Å². The van der Waals surface area contributed by atoms with Gasteiger partial charge in [0.05, 0.1) is 4.90 Å². The first-order chi connectivity index (χ1) is 9.34. The number of benzene rings is 1. The zero-order chi connectivity index (χ0) is 14.9. The Kier molecular flexibility index (Phi) is 4.52. The molecular formula is C15H24N2O2S. The Bertz CT molecular complexity index is 542. The quantitative estimate of drug-likeness (QED) is 0.932. The van der Waals surface area contributed by atoms with Crippen molar-refractivity contribution in [2.75, 3.05) is 0 Å². The molecule has 0 radical (unpaired) electrons. The summed E-state index contributed by atoms with van der Waals surface area (Å²) in [6.07, 6.45) is 2.96. The van der Waals surface area contributed by atoms with E-state index in [2.05, 4.69) is 0 Å². The van der Waals surface area contributed by atoms with Crippen LogP contribution in [0.4, 0.5) is 0 Å². The van der Waals surface area contributed by atoms with Crippen LogP contribution >= 0.6 is 0 Å². The van der Waals surface area contributed by atoms with Gasteiger partial charge in [-0.1, -0.05) is 18.6 Å². The monoisotopic (exact) mass is 296 g/mol. The van der Waals surface area contributed by atoms with Crippen LogP contribution in [0.3, 0.4) is 0 Å². The number of sulfonamides is 1. The van der Waals surface area contributed by atoms with Crippen LogP contribution in [-0.4, -0.2) is 24.8 Å². The molecule has 1 aromatic rings. The van der Waals surface area contributed by atoms with Crippen LogP contribution < -0.4 is 5.73 Å². The minimum atomic E-state index is -3.41. The van der Waals surface area contributed by atoms with Crippen molar-refractivity contribution in [2.45, 2.75) is 63.1 Å². The fourth-order valence-electron chi connectivity index (χ4n) is 2.94. The number of piperidine rings is 1. The van der Waals surface area contributed by atoms with E-state index in [4.69, 9.17) is 5.73 Å². The predicted octanol–water partition coefficient (Wildman–Crippen LogP) is 2.66. The highest BCUT2D eigenvalue weighted by atomic mass is 32.2. The largest absolute Gasteiger partial charge is 0.324 e. The summed E-state index contributed by atoms with van der Waals surface area (Å²) in [5.41, 5.74) is 6.75. The predicted molar refractivity (Wildman–Crippen MR) is 80.8 cm³/mol. The summed E-state index contributed by atoms with van der Waals surface area (Å²) in [6.45, 7) is 5.87. The van der Waals surface area contributed by atoms with Crippen LogP contribution in [0.2, 0.25) is 0 Å². The minimum Gasteiger partial charge on any atom is -0.324 e. The Balaban J connectivity index is 2.34. The van der Waals surface area contributed by atoms with Crippen molar-refractivity contribution in [2.24, 2.45) is 5.73 Å². The Morgan fingerprint density at radius 1 is 1.15 bits per heavy atom. The summed E-state index contributed by atoms with van der Waals surface area (Å²) in [5.74, 6) is 0. The lowest BCUT2D eigenvalue weighted by Gasteiger charge is -2.37. The van der Waals surface area contributed by atoms with Crippen molar-refractivity contribution in [3.05, 3.63) is 29.8 Å². The first kappa shape index (κ1) is 15.5. The highest BCUT2D eigenvalue weighted by Crippen LogP contribution is 2.29. The van der Waals surface area contributed by atoms with Gasteiger partial charge in [-0.2, -0.15) is 4.31 Å². The van der Waals surface area contributed by atoms with Gasteiger partial charge in [0.2, 0.25) is 10.0 Å². The summed E-state index contributed by atoms with van der Waals surface area (Å²) in [5, 5.41) is 0. The third kappa shape index (κ3) is 2.90. The third-order valence-corrected chi connectivity index (χ3v) is 6.24. The second-order valence-electron chi connectivity index (χ2n) is 5.82. The van der Waals surface area contributed by atoms with E-state index in [1.165, 1.54) is 0 Å². The summed E-state index contributed by atoms with van der Waals surface area (Å²) in [4.78, 5) is 0.363. The molecule has 0 spiro atoms. The zero-order valence-electron chi connectivity index (χ0n) is 12.4. The lowest BCUT2D eigenvalue weighted by molar-refractivity contribution is 0.204. The number of nitrogens with two attached hydrogens (primary N) is 1. The molecule has 0 bridgehead atoms. The molecular weight excluding hydrogens is 272 g/mol. The normalized spacial score (nSPS) is 26.4. The van der Waals surface area contributed by atoms with Gasteiger partial charge in [0.25, 0.3) is 0 Å². The van der Waals surface area contributed by atoms with Crippen LogP contribution in [0.15, 0.2) is 29.2 Å². The SMILES string of the molecule is CC(N)c1ccc(S(=O)(=O)N2[C@H](C)CCC[C@@H]2C)cc1. The fourth-order valence-corrected chi connectivity index (χ4v) is 4.82. The first-order valence-electron chi connectivity index (χ1n) is 7.23. The lowest BCUT2D eigenvalue weighted by Crippen LogP contribution is -2.47. The Labute approximate surface area is 122 Å². The van der Waals surface area contributed by atoms with E-state index in [0.29, 0.717) is 4.90 Å². The smallest absolute Gasteiger partial charge is 0.243 e. The average Bonchev–Trinajstić information content (AvgIpc) is 2.38. The maximum absolute atomic E-state index is 12.8. The lowest BCUT2D eigenvalue weighted by atomic mass is 10.0. The Morgan fingerprint density at radius 3 is 2.10 bits per heavy atom. The molecule has 1 aliphatic rings. The van der Waals surface area contributed by atoms with Gasteiger partial charge < -0.3 is 5.73 Å². The van der Waals surface area contributed by atoms with Crippen molar-refractivity contribution in [1.29, 1.82) is 0 Å². The van der Waals surface area contributed by atoms with Crippen LogP contribution in [0.25, 0.3) is 0 Å². The molecule has 2 N–H and O–H groups in total. The standard InChI is InChI=1S/C15H24N2O2S/c1-11-5-4-6-12(2)17(11)20(18,19)15-9-7-14(8-10-15)13(3)16/h7-13H,4-6,16H2,1-3H3/t11-,12+,13?. The number of nitrogens with zero attached hydrogens (tertiary/aromatic N) is 1. The zero-order valence-corrected chi connectivity index (χ0v) is 13.2. The summed E-state index contributed by atoms with van der Waals surface area (Å²) in [7, 11) is -3.41. The van der Waals surface area contributed by atoms with Crippen molar-refractivity contribution in [1.82, 2.24) is 4.31 Å². The maximum atomic E-state index is 12.8. The highest BCUT2D eigenvalue weighted by molar-refractivity contribution is 7.89. The molecule has 20 heavy (non-hydrogen) atoms. The van der Waals surface area contributed by atoms with Crippen molar-refractivity contribution >= 4 is 10.0 Å². The van der Waals surface area contributed by atoms with Gasteiger partial charge in [0.1, 0.15) is 0 Å². The van der Waals surface area contributed by atoms with Gasteiger partial charge in [0.15, 0.2) is 0 Å². The van der Waals surface area contributed by atoms with Gasteiger partial charge >= 0.3 is 0 Å². The van der Waals surface area contributed by atoms with Crippen molar-refractivity contribution < 1.29 is 8.42 Å². The number of hydrogen-bond donors (Lipinski definition) is 1. The molecule has 1 saturated heterocycles. The first-order valence-corrected chi connectivity index (χ1v) is 8.67. The second-order valence-corrected chi connectivity index (χ2v) is 7.66. The molecule has 2 rings (SSSR count). The highest BCUT2D eigenvalue weighted by Gasteiger charge is 2.35. The molecule has 112 valence electrons. The van der Waals surface area contributed by atoms with Gasteiger partial charge in [-0.3, -0.25) is 0 Å². The molecule has 1 unspecified atom stereocenters. The summed E-state index contributed by atoms with van der Waals surface area (Å²) >= 11 is 0. The molecule has 5 heteroatoms. The van der Waals surface area contributed by atoms with E-state index in [9.17, 15) is 8.42 Å². The molecule has 0 aromatic heterocycles. The van der Waals surface area contributed by atoms with E-state index in [0.717, 1.165) is 24.8 Å². The van der Waals surface area contributed by atoms with Crippen molar-refractivity contribution in [3.8, 4) is 0 Å². The van der Waals surface area contributed by atoms with Gasteiger partial charge in [0, 0.05) is 18.1 Å². The molecule has 1 heterocycles. The van der Waals surface area contributed by atoms with Crippen LogP contribution in [-0.2, 0) is 10.0 Å². The molecule has 0 aliphatic carbocycles.